The maximum atomic E-state index is 12.5. The van der Waals surface area contributed by atoms with Gasteiger partial charge in [0, 0.05) is 41.5 Å². The van der Waals surface area contributed by atoms with Crippen molar-refractivity contribution in [3.05, 3.63) is 58.6 Å². The summed E-state index contributed by atoms with van der Waals surface area (Å²) >= 11 is 6.00. The Labute approximate surface area is 181 Å². The molecule has 1 aliphatic rings. The Morgan fingerprint density at radius 1 is 1.13 bits per heavy atom. The molecule has 7 heteroatoms. The molecule has 30 heavy (non-hydrogen) atoms. The molecule has 2 aromatic rings. The fraction of sp³-hybridized carbons (Fsp3) is 0.348. The SMILES string of the molecule is CCCCN1C[C@@H](C(=O)Nc2ccc(C(=O)Nc3cc(Cl)ccc3C)cc2)CC1=O. The number of carbonyl (C=O) groups is 3. The first-order valence-electron chi connectivity index (χ1n) is 10.1. The van der Waals surface area contributed by atoms with Gasteiger partial charge in [-0.15, -0.1) is 0 Å². The molecule has 1 saturated heterocycles. The van der Waals surface area contributed by atoms with Crippen LogP contribution in [0.25, 0.3) is 0 Å². The lowest BCUT2D eigenvalue weighted by Crippen LogP contribution is -2.29. The van der Waals surface area contributed by atoms with Crippen LogP contribution in [0.4, 0.5) is 11.4 Å². The number of carbonyl (C=O) groups excluding carboxylic acids is 3. The quantitative estimate of drug-likeness (QED) is 0.683. The third-order valence-electron chi connectivity index (χ3n) is 5.23. The molecule has 1 aliphatic heterocycles. The molecule has 1 atom stereocenters. The van der Waals surface area contributed by atoms with E-state index in [-0.39, 0.29) is 30.1 Å². The summed E-state index contributed by atoms with van der Waals surface area (Å²) in [7, 11) is 0. The zero-order chi connectivity index (χ0) is 21.7. The average molecular weight is 428 g/mol. The lowest BCUT2D eigenvalue weighted by Gasteiger charge is -2.16. The van der Waals surface area contributed by atoms with Gasteiger partial charge in [0.05, 0.1) is 5.92 Å². The first-order valence-corrected chi connectivity index (χ1v) is 10.5. The van der Waals surface area contributed by atoms with Gasteiger partial charge in [0.15, 0.2) is 0 Å². The summed E-state index contributed by atoms with van der Waals surface area (Å²) < 4.78 is 0. The Morgan fingerprint density at radius 3 is 2.57 bits per heavy atom. The number of amides is 3. The van der Waals surface area contributed by atoms with Crippen molar-refractivity contribution < 1.29 is 14.4 Å². The topological polar surface area (TPSA) is 78.5 Å². The normalized spacial score (nSPS) is 15.9. The minimum absolute atomic E-state index is 0.0342. The summed E-state index contributed by atoms with van der Waals surface area (Å²) in [6.45, 7) is 5.13. The predicted octanol–water partition coefficient (Wildman–Crippen LogP) is 4.49. The minimum atomic E-state index is -0.344. The molecule has 2 N–H and O–H groups in total. The van der Waals surface area contributed by atoms with Crippen LogP contribution in [0.5, 0.6) is 0 Å². The van der Waals surface area contributed by atoms with Crippen molar-refractivity contribution in [1.82, 2.24) is 4.90 Å². The molecule has 0 radical (unpaired) electrons. The second-order valence-electron chi connectivity index (χ2n) is 7.57. The molecule has 0 spiro atoms. The van der Waals surface area contributed by atoms with E-state index in [0.29, 0.717) is 35.1 Å². The van der Waals surface area contributed by atoms with Crippen LogP contribution in [0.3, 0.4) is 0 Å². The third-order valence-corrected chi connectivity index (χ3v) is 5.46. The van der Waals surface area contributed by atoms with Gasteiger partial charge in [-0.25, -0.2) is 0 Å². The van der Waals surface area contributed by atoms with Crippen LogP contribution in [0.1, 0.15) is 42.1 Å². The maximum absolute atomic E-state index is 12.5. The number of nitrogens with one attached hydrogen (secondary N) is 2. The van der Waals surface area contributed by atoms with Crippen LogP contribution >= 0.6 is 11.6 Å². The van der Waals surface area contributed by atoms with Crippen molar-refractivity contribution in [3.63, 3.8) is 0 Å². The molecule has 3 amide bonds. The molecule has 0 saturated carbocycles. The van der Waals surface area contributed by atoms with Gasteiger partial charge in [-0.2, -0.15) is 0 Å². The fourth-order valence-electron chi connectivity index (χ4n) is 3.39. The zero-order valence-corrected chi connectivity index (χ0v) is 18.0. The van der Waals surface area contributed by atoms with Crippen LogP contribution in [-0.2, 0) is 9.59 Å². The lowest BCUT2D eigenvalue weighted by molar-refractivity contribution is -0.128. The largest absolute Gasteiger partial charge is 0.342 e. The highest BCUT2D eigenvalue weighted by atomic mass is 35.5. The molecule has 0 bridgehead atoms. The Morgan fingerprint density at radius 2 is 1.87 bits per heavy atom. The number of hydrogen-bond acceptors (Lipinski definition) is 3. The van der Waals surface area contributed by atoms with E-state index in [0.717, 1.165) is 18.4 Å². The van der Waals surface area contributed by atoms with Gasteiger partial charge in [-0.1, -0.05) is 31.0 Å². The van der Waals surface area contributed by atoms with E-state index in [1.807, 2.05) is 13.0 Å². The second-order valence-corrected chi connectivity index (χ2v) is 8.01. The smallest absolute Gasteiger partial charge is 0.255 e. The number of benzene rings is 2. The Hall–Kier alpha value is -2.86. The van der Waals surface area contributed by atoms with Crippen molar-refractivity contribution in [2.45, 2.75) is 33.1 Å². The highest BCUT2D eigenvalue weighted by Gasteiger charge is 2.33. The van der Waals surface area contributed by atoms with Gasteiger partial charge in [0.1, 0.15) is 0 Å². The Balaban J connectivity index is 1.58. The summed E-state index contributed by atoms with van der Waals surface area (Å²) in [5.74, 6) is -0.740. The van der Waals surface area contributed by atoms with E-state index in [2.05, 4.69) is 17.6 Å². The van der Waals surface area contributed by atoms with Gasteiger partial charge >= 0.3 is 0 Å². The summed E-state index contributed by atoms with van der Waals surface area (Å²) in [6.07, 6.45) is 2.20. The van der Waals surface area contributed by atoms with Crippen molar-refractivity contribution in [3.8, 4) is 0 Å². The highest BCUT2D eigenvalue weighted by molar-refractivity contribution is 6.31. The van der Waals surface area contributed by atoms with E-state index < -0.39 is 0 Å². The first-order chi connectivity index (χ1) is 14.4. The second kappa shape index (κ2) is 9.76. The summed E-state index contributed by atoms with van der Waals surface area (Å²) in [5, 5.41) is 6.24. The number of nitrogens with zero attached hydrogens (tertiary/aromatic N) is 1. The molecule has 2 aromatic carbocycles. The van der Waals surface area contributed by atoms with E-state index in [4.69, 9.17) is 11.6 Å². The molecule has 6 nitrogen and oxygen atoms in total. The van der Waals surface area contributed by atoms with Gasteiger partial charge in [0.25, 0.3) is 5.91 Å². The molecule has 0 unspecified atom stereocenters. The minimum Gasteiger partial charge on any atom is -0.342 e. The van der Waals surface area contributed by atoms with Crippen molar-refractivity contribution in [2.75, 3.05) is 23.7 Å². The molecule has 158 valence electrons. The number of hydrogen-bond donors (Lipinski definition) is 2. The molecular weight excluding hydrogens is 402 g/mol. The number of anilines is 2. The van der Waals surface area contributed by atoms with Crippen LogP contribution in [0.2, 0.25) is 5.02 Å². The van der Waals surface area contributed by atoms with E-state index in [1.165, 1.54) is 0 Å². The Bertz CT molecular complexity index is 943. The van der Waals surface area contributed by atoms with E-state index in [9.17, 15) is 14.4 Å². The molecule has 0 aliphatic carbocycles. The van der Waals surface area contributed by atoms with Crippen LogP contribution < -0.4 is 10.6 Å². The van der Waals surface area contributed by atoms with Crippen molar-refractivity contribution >= 4 is 40.7 Å². The van der Waals surface area contributed by atoms with Gasteiger partial charge in [-0.3, -0.25) is 14.4 Å². The monoisotopic (exact) mass is 427 g/mol. The lowest BCUT2D eigenvalue weighted by atomic mass is 10.1. The highest BCUT2D eigenvalue weighted by Crippen LogP contribution is 2.22. The van der Waals surface area contributed by atoms with Crippen molar-refractivity contribution in [2.24, 2.45) is 5.92 Å². The number of aryl methyl sites for hydroxylation is 1. The zero-order valence-electron chi connectivity index (χ0n) is 17.2. The van der Waals surface area contributed by atoms with Gasteiger partial charge in [0.2, 0.25) is 11.8 Å². The number of rotatable bonds is 7. The first kappa shape index (κ1) is 21.8. The fourth-order valence-corrected chi connectivity index (χ4v) is 3.56. The molecular formula is C23H26ClN3O3. The van der Waals surface area contributed by atoms with E-state index >= 15 is 0 Å². The number of unbranched alkanes of at least 4 members (excludes halogenated alkanes) is 1. The summed E-state index contributed by atoms with van der Waals surface area (Å²) in [4.78, 5) is 38.8. The van der Waals surface area contributed by atoms with Crippen LogP contribution in [0.15, 0.2) is 42.5 Å². The van der Waals surface area contributed by atoms with Gasteiger partial charge in [-0.05, 0) is 55.3 Å². The van der Waals surface area contributed by atoms with Crippen molar-refractivity contribution in [1.29, 1.82) is 0 Å². The number of likely N-dealkylation sites (tertiary alicyclic amines) is 1. The molecule has 3 rings (SSSR count). The summed E-state index contributed by atoms with van der Waals surface area (Å²) in [6, 6.07) is 12.0. The predicted molar refractivity (Wildman–Crippen MR) is 119 cm³/mol. The molecule has 1 heterocycles. The number of halogens is 1. The van der Waals surface area contributed by atoms with Gasteiger partial charge < -0.3 is 15.5 Å². The maximum Gasteiger partial charge on any atom is 0.255 e. The Kier molecular flexibility index (Phi) is 7.11. The molecule has 0 aromatic heterocycles. The van der Waals surface area contributed by atoms with Crippen LogP contribution in [0, 0.1) is 12.8 Å². The molecule has 1 fully saturated rings. The standard InChI is InChI=1S/C23H26ClN3O3/c1-3-4-11-27-14-17(12-21(27)28)23(30)25-19-9-6-16(7-10-19)22(29)26-20-13-18(24)8-5-15(20)2/h5-10,13,17H,3-4,11-12,14H2,1-2H3,(H,25,30)(H,26,29)/t17-/m0/s1. The van der Waals surface area contributed by atoms with Crippen LogP contribution in [-0.4, -0.2) is 35.7 Å². The average Bonchev–Trinajstić information content (AvgIpc) is 3.10. The third kappa shape index (κ3) is 5.39. The van der Waals surface area contributed by atoms with E-state index in [1.54, 1.807) is 41.3 Å². The summed E-state index contributed by atoms with van der Waals surface area (Å²) in [5.41, 5.74) is 2.63.